The fourth-order valence-electron chi connectivity index (χ4n) is 3.19. The van der Waals surface area contributed by atoms with Gasteiger partial charge >= 0.3 is 0 Å². The van der Waals surface area contributed by atoms with Crippen molar-refractivity contribution < 1.29 is 4.42 Å². The summed E-state index contributed by atoms with van der Waals surface area (Å²) in [5, 5.41) is 0. The van der Waals surface area contributed by atoms with Gasteiger partial charge < -0.3 is 4.42 Å². The average molecular weight is 270 g/mol. The normalized spacial score (nSPS) is 15.3. The Hall–Kier alpha value is -1.58. The van der Waals surface area contributed by atoms with E-state index in [2.05, 4.69) is 30.5 Å². The molecule has 20 heavy (non-hydrogen) atoms. The maximum absolute atomic E-state index is 5.76. The van der Waals surface area contributed by atoms with Gasteiger partial charge in [-0.1, -0.05) is 25.1 Å². The van der Waals surface area contributed by atoms with Crippen LogP contribution in [-0.4, -0.2) is 0 Å². The Bertz CT molecular complexity index is 588. The van der Waals surface area contributed by atoms with Crippen molar-refractivity contribution in [1.82, 2.24) is 5.43 Å². The van der Waals surface area contributed by atoms with E-state index in [1.54, 1.807) is 6.26 Å². The maximum Gasteiger partial charge on any atom is 0.108 e. The number of nitrogens with two attached hydrogens (primary N) is 1. The van der Waals surface area contributed by atoms with Crippen molar-refractivity contribution in [2.24, 2.45) is 5.84 Å². The van der Waals surface area contributed by atoms with E-state index in [1.807, 2.05) is 6.07 Å². The molecular weight excluding hydrogens is 248 g/mol. The molecule has 2 aromatic rings. The highest BCUT2D eigenvalue weighted by molar-refractivity contribution is 5.36. The number of fused-ring (bicyclic) bond motifs is 1. The number of rotatable bonds is 5. The molecule has 0 fully saturated rings. The molecule has 1 heterocycles. The SMILES string of the molecule is CCc1occc1C(Cc1ccc2c(c1)CCC2)NN. The molecule has 0 bridgehead atoms. The van der Waals surface area contributed by atoms with Crippen LogP contribution in [0.25, 0.3) is 0 Å². The summed E-state index contributed by atoms with van der Waals surface area (Å²) in [6.45, 7) is 2.10. The van der Waals surface area contributed by atoms with Gasteiger partial charge in [0, 0.05) is 12.0 Å². The fourth-order valence-corrected chi connectivity index (χ4v) is 3.19. The molecule has 1 unspecified atom stereocenters. The second kappa shape index (κ2) is 5.81. The van der Waals surface area contributed by atoms with E-state index in [-0.39, 0.29) is 6.04 Å². The van der Waals surface area contributed by atoms with Crippen LogP contribution >= 0.6 is 0 Å². The number of benzene rings is 1. The molecule has 0 saturated carbocycles. The second-order valence-electron chi connectivity index (χ2n) is 5.53. The zero-order valence-electron chi connectivity index (χ0n) is 12.0. The summed E-state index contributed by atoms with van der Waals surface area (Å²) in [7, 11) is 0. The van der Waals surface area contributed by atoms with Crippen molar-refractivity contribution in [3.8, 4) is 0 Å². The smallest absolute Gasteiger partial charge is 0.108 e. The highest BCUT2D eigenvalue weighted by atomic mass is 16.3. The molecule has 0 aliphatic heterocycles. The average Bonchev–Trinajstić information content (AvgIpc) is 3.12. The van der Waals surface area contributed by atoms with Gasteiger partial charge in [-0.2, -0.15) is 0 Å². The zero-order valence-corrected chi connectivity index (χ0v) is 12.0. The Morgan fingerprint density at radius 3 is 2.90 bits per heavy atom. The summed E-state index contributed by atoms with van der Waals surface area (Å²) < 4.78 is 5.51. The third-order valence-corrected chi connectivity index (χ3v) is 4.28. The molecule has 3 N–H and O–H groups in total. The van der Waals surface area contributed by atoms with Crippen molar-refractivity contribution in [1.29, 1.82) is 0 Å². The lowest BCUT2D eigenvalue weighted by Gasteiger charge is -2.16. The van der Waals surface area contributed by atoms with Crippen LogP contribution < -0.4 is 11.3 Å². The van der Waals surface area contributed by atoms with Crippen molar-refractivity contribution in [3.05, 3.63) is 58.5 Å². The van der Waals surface area contributed by atoms with Gasteiger partial charge in [0.05, 0.1) is 12.3 Å². The maximum atomic E-state index is 5.76. The molecule has 0 saturated heterocycles. The summed E-state index contributed by atoms with van der Waals surface area (Å²) in [6.07, 6.45) is 7.28. The van der Waals surface area contributed by atoms with E-state index in [0.717, 1.165) is 18.6 Å². The predicted molar refractivity (Wildman–Crippen MR) is 80.3 cm³/mol. The number of hydrogen-bond acceptors (Lipinski definition) is 3. The molecule has 0 radical (unpaired) electrons. The van der Waals surface area contributed by atoms with Crippen molar-refractivity contribution in [3.63, 3.8) is 0 Å². The summed E-state index contributed by atoms with van der Waals surface area (Å²) in [5.41, 5.74) is 8.49. The minimum atomic E-state index is 0.114. The highest BCUT2D eigenvalue weighted by Gasteiger charge is 2.18. The van der Waals surface area contributed by atoms with Crippen molar-refractivity contribution in [2.45, 2.75) is 45.1 Å². The molecule has 1 aromatic heterocycles. The summed E-state index contributed by atoms with van der Waals surface area (Å²) in [4.78, 5) is 0. The van der Waals surface area contributed by atoms with Crippen molar-refractivity contribution in [2.75, 3.05) is 0 Å². The summed E-state index contributed by atoms with van der Waals surface area (Å²) in [6, 6.07) is 9.00. The molecule has 3 nitrogen and oxygen atoms in total. The standard InChI is InChI=1S/C17H22N2O/c1-2-17-15(8-9-20-17)16(19-18)11-12-6-7-13-4-3-5-14(13)10-12/h6-10,16,19H,2-5,11,18H2,1H3. The Morgan fingerprint density at radius 1 is 1.25 bits per heavy atom. The van der Waals surface area contributed by atoms with E-state index < -0.39 is 0 Å². The predicted octanol–water partition coefficient (Wildman–Crippen LogP) is 3.08. The quantitative estimate of drug-likeness (QED) is 0.648. The molecule has 3 heteroatoms. The highest BCUT2D eigenvalue weighted by Crippen LogP contribution is 2.27. The third-order valence-electron chi connectivity index (χ3n) is 4.28. The lowest BCUT2D eigenvalue weighted by Crippen LogP contribution is -2.30. The van der Waals surface area contributed by atoms with Crippen LogP contribution in [0.4, 0.5) is 0 Å². The molecule has 1 aromatic carbocycles. The van der Waals surface area contributed by atoms with E-state index in [9.17, 15) is 0 Å². The number of hydrazine groups is 1. The lowest BCUT2D eigenvalue weighted by atomic mass is 9.96. The summed E-state index contributed by atoms with van der Waals surface area (Å²) in [5.74, 6) is 6.78. The van der Waals surface area contributed by atoms with Crippen LogP contribution in [0.1, 0.15) is 47.4 Å². The molecule has 1 aliphatic carbocycles. The van der Waals surface area contributed by atoms with Crippen LogP contribution in [0.15, 0.2) is 34.9 Å². The van der Waals surface area contributed by atoms with Gasteiger partial charge in [-0.05, 0) is 48.4 Å². The molecule has 106 valence electrons. The molecule has 0 spiro atoms. The Kier molecular flexibility index (Phi) is 3.90. The van der Waals surface area contributed by atoms with Crippen LogP contribution in [0.5, 0.6) is 0 Å². The number of hydrogen-bond donors (Lipinski definition) is 2. The first-order chi connectivity index (χ1) is 9.81. The number of aryl methyl sites for hydroxylation is 3. The number of nitrogens with one attached hydrogen (secondary N) is 1. The summed E-state index contributed by atoms with van der Waals surface area (Å²) >= 11 is 0. The Labute approximate surface area is 120 Å². The largest absolute Gasteiger partial charge is 0.469 e. The second-order valence-corrected chi connectivity index (χ2v) is 5.53. The monoisotopic (exact) mass is 270 g/mol. The van der Waals surface area contributed by atoms with Crippen LogP contribution in [0.3, 0.4) is 0 Å². The fraction of sp³-hybridized carbons (Fsp3) is 0.412. The van der Waals surface area contributed by atoms with Gasteiger partial charge in [-0.25, -0.2) is 0 Å². The van der Waals surface area contributed by atoms with Gasteiger partial charge in [0.2, 0.25) is 0 Å². The molecule has 0 amide bonds. The first kappa shape index (κ1) is 13.4. The first-order valence-corrected chi connectivity index (χ1v) is 7.45. The van der Waals surface area contributed by atoms with Gasteiger partial charge in [0.25, 0.3) is 0 Å². The van der Waals surface area contributed by atoms with E-state index in [0.29, 0.717) is 0 Å². The van der Waals surface area contributed by atoms with Crippen molar-refractivity contribution >= 4 is 0 Å². The molecule has 1 aliphatic rings. The van der Waals surface area contributed by atoms with Crippen LogP contribution in [-0.2, 0) is 25.7 Å². The topological polar surface area (TPSA) is 51.2 Å². The van der Waals surface area contributed by atoms with E-state index >= 15 is 0 Å². The van der Waals surface area contributed by atoms with E-state index in [1.165, 1.54) is 41.5 Å². The lowest BCUT2D eigenvalue weighted by molar-refractivity contribution is 0.487. The zero-order chi connectivity index (χ0) is 13.9. The van der Waals surface area contributed by atoms with Gasteiger partial charge in [0.15, 0.2) is 0 Å². The third kappa shape index (κ3) is 2.51. The van der Waals surface area contributed by atoms with Gasteiger partial charge in [0.1, 0.15) is 5.76 Å². The minimum Gasteiger partial charge on any atom is -0.469 e. The Morgan fingerprint density at radius 2 is 2.10 bits per heavy atom. The first-order valence-electron chi connectivity index (χ1n) is 7.45. The van der Waals surface area contributed by atoms with Gasteiger partial charge in [-0.15, -0.1) is 0 Å². The Balaban J connectivity index is 1.81. The van der Waals surface area contributed by atoms with Crippen LogP contribution in [0, 0.1) is 0 Å². The number of furan rings is 1. The van der Waals surface area contributed by atoms with Crippen LogP contribution in [0.2, 0.25) is 0 Å². The minimum absolute atomic E-state index is 0.114. The molecule has 1 atom stereocenters. The molecular formula is C17H22N2O. The van der Waals surface area contributed by atoms with E-state index in [4.69, 9.17) is 10.3 Å². The molecule has 3 rings (SSSR count). The van der Waals surface area contributed by atoms with Gasteiger partial charge in [-0.3, -0.25) is 11.3 Å².